The van der Waals surface area contributed by atoms with E-state index in [1.807, 2.05) is 0 Å². The molecule has 4 bridgehead atoms. The fourth-order valence-corrected chi connectivity index (χ4v) is 4.22. The van der Waals surface area contributed by atoms with Gasteiger partial charge in [0, 0.05) is 11.1 Å². The Balaban J connectivity index is 2.25. The van der Waals surface area contributed by atoms with Gasteiger partial charge in [-0.15, -0.1) is 0 Å². The maximum Gasteiger partial charge on any atom is 0.129 e. The Morgan fingerprint density at radius 1 is 0.600 bits per heavy atom. The van der Waals surface area contributed by atoms with Crippen LogP contribution in [0.2, 0.25) is 0 Å². The van der Waals surface area contributed by atoms with E-state index in [9.17, 15) is 0 Å². The summed E-state index contributed by atoms with van der Waals surface area (Å²) in [5.41, 5.74) is 7.81. The van der Waals surface area contributed by atoms with Crippen LogP contribution in [0.5, 0.6) is 11.5 Å². The summed E-state index contributed by atoms with van der Waals surface area (Å²) in [6, 6.07) is 9.26. The number of hydrogen-bond acceptors (Lipinski definition) is 2. The molecule has 0 heterocycles. The van der Waals surface area contributed by atoms with E-state index >= 15 is 0 Å². The first kappa shape index (κ1) is 22.5. The molecule has 0 aromatic heterocycles. The minimum atomic E-state index is 0.0949. The molecule has 2 nitrogen and oxygen atoms in total. The van der Waals surface area contributed by atoms with Crippen LogP contribution in [-0.2, 0) is 23.7 Å². The zero-order valence-electron chi connectivity index (χ0n) is 20.1. The summed E-state index contributed by atoms with van der Waals surface area (Å²) < 4.78 is 11.8. The van der Waals surface area contributed by atoms with Crippen molar-refractivity contribution in [2.75, 3.05) is 14.2 Å². The molecule has 0 fully saturated rings. The molecule has 0 radical (unpaired) electrons. The highest BCUT2D eigenvalue weighted by atomic mass is 16.5. The third-order valence-electron chi connectivity index (χ3n) is 6.11. The van der Waals surface area contributed by atoms with Crippen molar-refractivity contribution in [3.63, 3.8) is 0 Å². The standard InChI is InChI=1S/C28H38O2/c1-27(2,3)23-15-19-11-9-10-12-20-16-24(28(4,5)6)18-22(26(20)30-8)14-13-21(17-23)25(19)29-7/h13-18H,9-12H2,1-8H3/b14-13-. The second-order valence-corrected chi connectivity index (χ2v) is 10.6. The van der Waals surface area contributed by atoms with Crippen molar-refractivity contribution < 1.29 is 9.47 Å². The molecule has 1 aliphatic carbocycles. The number of benzene rings is 2. The van der Waals surface area contributed by atoms with Crippen LogP contribution in [0.3, 0.4) is 0 Å². The topological polar surface area (TPSA) is 18.5 Å². The molecule has 1 aliphatic rings. The first-order valence-electron chi connectivity index (χ1n) is 11.2. The molecule has 0 aliphatic heterocycles. The summed E-state index contributed by atoms with van der Waals surface area (Å²) in [7, 11) is 3.58. The molecule has 0 amide bonds. The first-order valence-corrected chi connectivity index (χ1v) is 11.2. The SMILES string of the molecule is COc1c2cc(C(C)(C)C)cc1CCCCc1cc(C(C)(C)C)cc(c1OC)/C=C\2. The average Bonchev–Trinajstić information content (AvgIpc) is 2.66. The molecule has 0 spiro atoms. The van der Waals surface area contributed by atoms with Crippen LogP contribution < -0.4 is 9.47 Å². The molecule has 2 aromatic carbocycles. The maximum absolute atomic E-state index is 5.90. The van der Waals surface area contributed by atoms with E-state index in [1.54, 1.807) is 14.2 Å². The highest BCUT2D eigenvalue weighted by Gasteiger charge is 2.21. The van der Waals surface area contributed by atoms with Gasteiger partial charge in [0.15, 0.2) is 0 Å². The molecule has 2 aromatic rings. The number of rotatable bonds is 2. The van der Waals surface area contributed by atoms with Crippen molar-refractivity contribution in [1.29, 1.82) is 0 Å². The van der Waals surface area contributed by atoms with Gasteiger partial charge in [0.1, 0.15) is 11.5 Å². The Morgan fingerprint density at radius 3 is 1.27 bits per heavy atom. The molecule has 0 atom stereocenters. The van der Waals surface area contributed by atoms with Gasteiger partial charge in [0.2, 0.25) is 0 Å². The van der Waals surface area contributed by atoms with Crippen LogP contribution in [0, 0.1) is 0 Å². The number of fused-ring (bicyclic) bond motifs is 4. The molecule has 0 N–H and O–H groups in total. The Labute approximate surface area is 183 Å². The fraction of sp³-hybridized carbons (Fsp3) is 0.500. The van der Waals surface area contributed by atoms with E-state index in [1.165, 1.54) is 22.3 Å². The van der Waals surface area contributed by atoms with Crippen molar-refractivity contribution in [2.24, 2.45) is 0 Å². The minimum absolute atomic E-state index is 0.0949. The molecule has 0 unspecified atom stereocenters. The van der Waals surface area contributed by atoms with Crippen molar-refractivity contribution in [3.8, 4) is 11.5 Å². The van der Waals surface area contributed by atoms with E-state index in [-0.39, 0.29) is 10.8 Å². The predicted molar refractivity (Wildman–Crippen MR) is 129 cm³/mol. The normalized spacial score (nSPS) is 15.7. The van der Waals surface area contributed by atoms with Gasteiger partial charge in [-0.1, -0.05) is 65.8 Å². The van der Waals surface area contributed by atoms with E-state index in [4.69, 9.17) is 9.47 Å². The average molecular weight is 407 g/mol. The van der Waals surface area contributed by atoms with Crippen LogP contribution in [0.1, 0.15) is 87.8 Å². The van der Waals surface area contributed by atoms with Gasteiger partial charge in [-0.2, -0.15) is 0 Å². The summed E-state index contributed by atoms with van der Waals surface area (Å²) in [4.78, 5) is 0. The Hall–Kier alpha value is -2.22. The lowest BCUT2D eigenvalue weighted by Crippen LogP contribution is -2.13. The van der Waals surface area contributed by atoms with Crippen molar-refractivity contribution in [2.45, 2.75) is 78.1 Å². The lowest BCUT2D eigenvalue weighted by molar-refractivity contribution is 0.404. The van der Waals surface area contributed by atoms with Gasteiger partial charge in [0.25, 0.3) is 0 Å². The van der Waals surface area contributed by atoms with Gasteiger partial charge >= 0.3 is 0 Å². The summed E-state index contributed by atoms with van der Waals surface area (Å²) in [5.74, 6) is 2.01. The van der Waals surface area contributed by atoms with Gasteiger partial charge < -0.3 is 9.47 Å². The molecule has 2 heteroatoms. The van der Waals surface area contributed by atoms with Crippen molar-refractivity contribution in [3.05, 3.63) is 57.6 Å². The van der Waals surface area contributed by atoms with Crippen LogP contribution in [0.25, 0.3) is 12.2 Å². The fourth-order valence-electron chi connectivity index (χ4n) is 4.22. The summed E-state index contributed by atoms with van der Waals surface area (Å²) in [5, 5.41) is 0. The number of hydrogen-bond donors (Lipinski definition) is 0. The summed E-state index contributed by atoms with van der Waals surface area (Å²) >= 11 is 0. The highest BCUT2D eigenvalue weighted by Crippen LogP contribution is 2.37. The summed E-state index contributed by atoms with van der Waals surface area (Å²) in [6.45, 7) is 13.7. The van der Waals surface area contributed by atoms with Gasteiger partial charge in [-0.05, 0) is 70.9 Å². The van der Waals surface area contributed by atoms with E-state index < -0.39 is 0 Å². The molecular weight excluding hydrogens is 368 g/mol. The zero-order chi connectivity index (χ0) is 22.1. The second-order valence-electron chi connectivity index (χ2n) is 10.6. The molecule has 0 saturated heterocycles. The van der Waals surface area contributed by atoms with Gasteiger partial charge in [0.05, 0.1) is 14.2 Å². The van der Waals surface area contributed by atoms with Crippen LogP contribution in [0.15, 0.2) is 24.3 Å². The Bertz CT molecular complexity index is 859. The highest BCUT2D eigenvalue weighted by molar-refractivity contribution is 5.77. The molecule has 30 heavy (non-hydrogen) atoms. The molecule has 162 valence electrons. The van der Waals surface area contributed by atoms with Crippen molar-refractivity contribution in [1.82, 2.24) is 0 Å². The monoisotopic (exact) mass is 406 g/mol. The predicted octanol–water partition coefficient (Wildman–Crippen LogP) is 7.35. The van der Waals surface area contributed by atoms with Gasteiger partial charge in [-0.25, -0.2) is 0 Å². The molecule has 3 rings (SSSR count). The smallest absolute Gasteiger partial charge is 0.129 e. The van der Waals surface area contributed by atoms with E-state index in [0.717, 1.165) is 48.3 Å². The number of ether oxygens (including phenoxy) is 2. The third kappa shape index (κ3) is 4.74. The van der Waals surface area contributed by atoms with E-state index in [2.05, 4.69) is 78.0 Å². The lowest BCUT2D eigenvalue weighted by atomic mass is 9.82. The first-order chi connectivity index (χ1) is 14.0. The zero-order valence-corrected chi connectivity index (χ0v) is 20.1. The van der Waals surface area contributed by atoms with Crippen LogP contribution >= 0.6 is 0 Å². The molecule has 0 saturated carbocycles. The largest absolute Gasteiger partial charge is 0.496 e. The number of aryl methyl sites for hydroxylation is 2. The van der Waals surface area contributed by atoms with Gasteiger partial charge in [-0.3, -0.25) is 0 Å². The van der Waals surface area contributed by atoms with Crippen LogP contribution in [-0.4, -0.2) is 14.2 Å². The lowest BCUT2D eigenvalue weighted by Gasteiger charge is -2.24. The Kier molecular flexibility index (Phi) is 6.36. The summed E-state index contributed by atoms with van der Waals surface area (Å²) in [6.07, 6.45) is 8.72. The second kappa shape index (κ2) is 8.49. The van der Waals surface area contributed by atoms with E-state index in [0.29, 0.717) is 0 Å². The Morgan fingerprint density at radius 2 is 0.967 bits per heavy atom. The van der Waals surface area contributed by atoms with Crippen LogP contribution in [0.4, 0.5) is 0 Å². The minimum Gasteiger partial charge on any atom is -0.496 e. The molecular formula is C28H38O2. The number of methoxy groups -OCH3 is 2. The van der Waals surface area contributed by atoms with Crippen molar-refractivity contribution >= 4 is 12.2 Å². The maximum atomic E-state index is 5.90. The quantitative estimate of drug-likeness (QED) is 0.519. The third-order valence-corrected chi connectivity index (χ3v) is 6.11.